The Morgan fingerprint density at radius 3 is 1.67 bits per heavy atom. The molecule has 0 amide bonds. The van der Waals surface area contributed by atoms with Gasteiger partial charge in [-0.15, -0.1) is 6.58 Å². The minimum atomic E-state index is 0.0159. The van der Waals surface area contributed by atoms with E-state index in [0.29, 0.717) is 36.6 Å². The molecule has 0 bridgehead atoms. The van der Waals surface area contributed by atoms with Gasteiger partial charge in [-0.05, 0) is 183 Å². The lowest BCUT2D eigenvalue weighted by molar-refractivity contribution is 0.191. The average Bonchev–Trinajstić information content (AvgIpc) is 4.08. The van der Waals surface area contributed by atoms with E-state index in [9.17, 15) is 0 Å². The molecule has 1 aromatic carbocycles. The molecule has 0 aromatic heterocycles. The SMILES string of the molecule is C=C(C)C1CCC2(C)OC2C1.C=CC1(CCC2OC2(C)C)CO1.CC1(C2CCC3(C)OC3C2)CO1.CC1(c2ccccc2)CO1.CC12CCC3(CC1O2)OC3(C)C.CCC(CCC1OC1(C)C)C1CO1. The molecule has 14 rings (SSSR count). The summed E-state index contributed by atoms with van der Waals surface area (Å²) in [6.45, 7) is 39.9. The van der Waals surface area contributed by atoms with Crippen LogP contribution in [0.4, 0.5) is 0 Å². The summed E-state index contributed by atoms with van der Waals surface area (Å²) in [4.78, 5) is 0. The molecule has 1 aromatic rings. The number of benzene rings is 1. The largest absolute Gasteiger partial charge is 0.373 e. The number of rotatable bonds is 12. The van der Waals surface area contributed by atoms with E-state index >= 15 is 0 Å². The van der Waals surface area contributed by atoms with Gasteiger partial charge in [0.05, 0.1) is 102 Å². The highest BCUT2D eigenvalue weighted by atomic mass is 16.7. The summed E-state index contributed by atoms with van der Waals surface area (Å²) in [5.74, 6) is 2.27. The third kappa shape index (κ3) is 12.5. The summed E-state index contributed by atoms with van der Waals surface area (Å²) in [5, 5.41) is 0. The Balaban J connectivity index is 0.000000104. The van der Waals surface area contributed by atoms with Gasteiger partial charge >= 0.3 is 0 Å². The van der Waals surface area contributed by atoms with Crippen LogP contribution in [-0.4, -0.2) is 113 Å². The smallest absolute Gasteiger partial charge is 0.114 e. The maximum Gasteiger partial charge on any atom is 0.114 e. The molecule has 394 valence electrons. The Labute approximate surface area is 423 Å². The molecule has 1 spiro atoms. The molecule has 3 saturated carbocycles. The molecule has 0 N–H and O–H groups in total. The van der Waals surface area contributed by atoms with Crippen LogP contribution in [0.15, 0.2) is 55.1 Å². The molecule has 13 fully saturated rings. The predicted octanol–water partition coefficient (Wildman–Crippen LogP) is 12.3. The summed E-state index contributed by atoms with van der Waals surface area (Å²) >= 11 is 0. The summed E-state index contributed by atoms with van der Waals surface area (Å²) < 4.78 is 55.2. The summed E-state index contributed by atoms with van der Waals surface area (Å²) in [6, 6.07) is 10.3. The molecule has 10 nitrogen and oxygen atoms in total. The van der Waals surface area contributed by atoms with Crippen molar-refractivity contribution >= 4 is 0 Å². The number of epoxide rings is 10. The maximum absolute atomic E-state index is 5.79. The van der Waals surface area contributed by atoms with Crippen LogP contribution in [0.5, 0.6) is 0 Å². The van der Waals surface area contributed by atoms with Crippen molar-refractivity contribution in [1.29, 1.82) is 0 Å². The highest BCUT2D eigenvalue weighted by Crippen LogP contribution is 2.63. The summed E-state index contributed by atoms with van der Waals surface area (Å²) in [5.41, 5.74) is 4.28. The molecule has 70 heavy (non-hydrogen) atoms. The second kappa shape index (κ2) is 18.8. The van der Waals surface area contributed by atoms with Crippen molar-refractivity contribution in [3.8, 4) is 0 Å². The molecular weight excluding hydrogens is 881 g/mol. The highest BCUT2D eigenvalue weighted by molar-refractivity contribution is 5.25. The Bertz CT molecular complexity index is 2020. The fourth-order valence-electron chi connectivity index (χ4n) is 12.1. The van der Waals surface area contributed by atoms with E-state index in [0.717, 1.165) is 63.4 Å². The molecule has 10 heteroatoms. The van der Waals surface area contributed by atoms with Crippen molar-refractivity contribution < 1.29 is 47.4 Å². The minimum Gasteiger partial charge on any atom is -0.373 e. The lowest BCUT2D eigenvalue weighted by atomic mass is 9.77. The van der Waals surface area contributed by atoms with E-state index in [-0.39, 0.29) is 56.0 Å². The first kappa shape index (κ1) is 53.1. The van der Waals surface area contributed by atoms with Crippen molar-refractivity contribution in [2.75, 3.05) is 26.4 Å². The normalized spacial score (nSPS) is 47.0. The van der Waals surface area contributed by atoms with Crippen molar-refractivity contribution in [2.45, 2.75) is 273 Å². The third-order valence-electron chi connectivity index (χ3n) is 19.5. The fourth-order valence-corrected chi connectivity index (χ4v) is 12.1. The van der Waals surface area contributed by atoms with Gasteiger partial charge in [0.25, 0.3) is 0 Å². The Kier molecular flexibility index (Phi) is 14.3. The first-order valence-corrected chi connectivity index (χ1v) is 27.7. The topological polar surface area (TPSA) is 125 Å². The van der Waals surface area contributed by atoms with Gasteiger partial charge in [0.15, 0.2) is 0 Å². The van der Waals surface area contributed by atoms with Gasteiger partial charge in [-0.25, -0.2) is 0 Å². The van der Waals surface area contributed by atoms with Gasteiger partial charge in [0.2, 0.25) is 0 Å². The molecule has 10 aliphatic heterocycles. The number of hydrogen-bond acceptors (Lipinski definition) is 10. The van der Waals surface area contributed by atoms with Crippen LogP contribution in [0, 0.1) is 17.8 Å². The van der Waals surface area contributed by atoms with E-state index < -0.39 is 0 Å². The summed E-state index contributed by atoms with van der Waals surface area (Å²) in [7, 11) is 0. The Morgan fingerprint density at radius 1 is 0.686 bits per heavy atom. The van der Waals surface area contributed by atoms with Gasteiger partial charge in [-0.1, -0.05) is 61.9 Å². The Morgan fingerprint density at radius 2 is 1.23 bits per heavy atom. The molecule has 16 atom stereocenters. The molecule has 16 unspecified atom stereocenters. The lowest BCUT2D eigenvalue weighted by Gasteiger charge is -2.25. The second-order valence-electron chi connectivity index (χ2n) is 26.5. The zero-order valence-electron chi connectivity index (χ0n) is 45.9. The predicted molar refractivity (Wildman–Crippen MR) is 274 cm³/mol. The van der Waals surface area contributed by atoms with Gasteiger partial charge in [0, 0.05) is 6.42 Å². The van der Waals surface area contributed by atoms with Crippen molar-refractivity contribution in [3.63, 3.8) is 0 Å². The number of fused-ring (bicyclic) bond motifs is 3. The molecule has 3 aliphatic carbocycles. The Hall–Kier alpha value is -1.70. The first-order chi connectivity index (χ1) is 32.7. The van der Waals surface area contributed by atoms with E-state index in [4.69, 9.17) is 47.4 Å². The van der Waals surface area contributed by atoms with Crippen molar-refractivity contribution in [1.82, 2.24) is 0 Å². The minimum absolute atomic E-state index is 0.0159. The third-order valence-corrected chi connectivity index (χ3v) is 19.5. The average molecular weight is 975 g/mol. The molecule has 0 radical (unpaired) electrons. The van der Waals surface area contributed by atoms with Crippen LogP contribution in [0.3, 0.4) is 0 Å². The van der Waals surface area contributed by atoms with Gasteiger partial charge < -0.3 is 47.4 Å². The fraction of sp³-hybridized carbons (Fsp3) is 0.833. The molecule has 13 aliphatic rings. The van der Waals surface area contributed by atoms with Gasteiger partial charge in [-0.3, -0.25) is 0 Å². The number of ether oxygens (including phenoxy) is 10. The second-order valence-corrected chi connectivity index (χ2v) is 26.5. The molecule has 10 saturated heterocycles. The van der Waals surface area contributed by atoms with E-state index in [1.54, 1.807) is 0 Å². The van der Waals surface area contributed by atoms with Gasteiger partial charge in [-0.2, -0.15) is 0 Å². The monoisotopic (exact) mass is 975 g/mol. The van der Waals surface area contributed by atoms with E-state index in [1.807, 2.05) is 24.3 Å². The summed E-state index contributed by atoms with van der Waals surface area (Å²) in [6.07, 6.45) is 21.9. The van der Waals surface area contributed by atoms with Crippen LogP contribution >= 0.6 is 0 Å². The quantitative estimate of drug-likeness (QED) is 0.148. The number of allylic oxidation sites excluding steroid dienone is 1. The van der Waals surface area contributed by atoms with E-state index in [1.165, 1.54) is 81.8 Å². The van der Waals surface area contributed by atoms with Crippen LogP contribution in [0.1, 0.15) is 185 Å². The lowest BCUT2D eigenvalue weighted by Crippen LogP contribution is -2.31. The van der Waals surface area contributed by atoms with Crippen molar-refractivity contribution in [3.05, 3.63) is 60.7 Å². The zero-order chi connectivity index (χ0) is 50.4. The van der Waals surface area contributed by atoms with Crippen molar-refractivity contribution in [2.24, 2.45) is 17.8 Å². The standard InChI is InChI=1S/C11H20O2.3C10H16O2.C10H16O.C9H10O/c1-4-8(9-7-12-9)5-6-10-11(2,3)13-10;1-8(2)10(12-8)5-4-9(3)7(6-10)11-9;1-9-4-3-7(5-8(9)12-9)10(2)6-11-10;1-4-10(7-11-10)6-5-8-9(2,3)12-8;1-7(2)8-4-5-10(3)9(6-8)11-10;1-9(7-10-9)8-5-3-2-4-6-8/h8-10H,4-7H2,1-3H3;7H,4-6H2,1-3H3;7-8H,3-6H2,1-2H3;4,8H,1,5-7H2,2-3H3;8-9H,1,4-6H2,2-3H3;2-6H,7H2,1H3. The van der Waals surface area contributed by atoms with Crippen LogP contribution in [0.2, 0.25) is 0 Å². The van der Waals surface area contributed by atoms with E-state index in [2.05, 4.69) is 115 Å². The van der Waals surface area contributed by atoms with Crippen LogP contribution in [-0.2, 0) is 53.0 Å². The van der Waals surface area contributed by atoms with Crippen LogP contribution < -0.4 is 0 Å². The maximum atomic E-state index is 5.79. The zero-order valence-corrected chi connectivity index (χ0v) is 45.9. The molecule has 10 heterocycles. The number of hydrogen-bond donors (Lipinski definition) is 0. The highest BCUT2D eigenvalue weighted by Gasteiger charge is 2.72. The van der Waals surface area contributed by atoms with Gasteiger partial charge in [0.1, 0.15) is 16.8 Å². The molecular formula is C60H94O10. The first-order valence-electron chi connectivity index (χ1n) is 27.7. The van der Waals surface area contributed by atoms with Crippen LogP contribution in [0.25, 0.3) is 0 Å².